The SMILES string of the molecule is Cc1sc(NC(=O)c2ccccc2COc2ccc(F)cc2F)c(C(N)=O)c1C. The molecule has 0 spiro atoms. The second kappa shape index (κ2) is 8.40. The topological polar surface area (TPSA) is 81.4 Å². The van der Waals surface area contributed by atoms with Crippen molar-refractivity contribution >= 4 is 28.2 Å². The van der Waals surface area contributed by atoms with Gasteiger partial charge >= 0.3 is 0 Å². The number of thiophene rings is 1. The van der Waals surface area contributed by atoms with E-state index in [9.17, 15) is 18.4 Å². The standard InChI is InChI=1S/C21H18F2N2O3S/c1-11-12(2)29-21(18(11)19(24)26)25-20(27)15-6-4-3-5-13(15)10-28-17-8-7-14(22)9-16(17)23/h3-9H,10H2,1-2H3,(H2,24,26)(H,25,27). The van der Waals surface area contributed by atoms with E-state index in [2.05, 4.69) is 5.32 Å². The number of primary amides is 1. The van der Waals surface area contributed by atoms with Crippen LogP contribution in [0.25, 0.3) is 0 Å². The van der Waals surface area contributed by atoms with Gasteiger partial charge in [-0.05, 0) is 37.6 Å². The van der Waals surface area contributed by atoms with Crippen molar-refractivity contribution in [2.24, 2.45) is 5.73 Å². The predicted molar refractivity (Wildman–Crippen MR) is 107 cm³/mol. The van der Waals surface area contributed by atoms with Gasteiger partial charge in [0.1, 0.15) is 17.4 Å². The van der Waals surface area contributed by atoms with Crippen molar-refractivity contribution < 1.29 is 23.1 Å². The first kappa shape index (κ1) is 20.5. The van der Waals surface area contributed by atoms with Crippen LogP contribution in [0.5, 0.6) is 5.75 Å². The normalized spacial score (nSPS) is 10.6. The molecular weight excluding hydrogens is 398 g/mol. The summed E-state index contributed by atoms with van der Waals surface area (Å²) in [5, 5.41) is 3.10. The Kier molecular flexibility index (Phi) is 5.93. The Morgan fingerprint density at radius 2 is 1.86 bits per heavy atom. The average Bonchev–Trinajstić information content (AvgIpc) is 2.94. The minimum atomic E-state index is -0.831. The van der Waals surface area contributed by atoms with Crippen molar-refractivity contribution in [1.82, 2.24) is 0 Å². The summed E-state index contributed by atoms with van der Waals surface area (Å²) in [6.45, 7) is 3.50. The van der Waals surface area contributed by atoms with Crippen LogP contribution in [0.15, 0.2) is 42.5 Å². The van der Waals surface area contributed by atoms with Crippen LogP contribution in [0, 0.1) is 25.5 Å². The molecule has 5 nitrogen and oxygen atoms in total. The molecule has 3 N–H and O–H groups in total. The third kappa shape index (κ3) is 4.43. The van der Waals surface area contributed by atoms with E-state index in [0.717, 1.165) is 22.6 Å². The lowest BCUT2D eigenvalue weighted by Crippen LogP contribution is -2.18. The monoisotopic (exact) mass is 416 g/mol. The van der Waals surface area contributed by atoms with E-state index in [1.165, 1.54) is 17.4 Å². The smallest absolute Gasteiger partial charge is 0.256 e. The summed E-state index contributed by atoms with van der Waals surface area (Å²) in [7, 11) is 0. The number of amides is 2. The number of carbonyl (C=O) groups is 2. The lowest BCUT2D eigenvalue weighted by atomic mass is 10.1. The summed E-state index contributed by atoms with van der Waals surface area (Å²) in [6.07, 6.45) is 0. The molecular formula is C21H18F2N2O3S. The summed E-state index contributed by atoms with van der Waals surface area (Å²) in [5.41, 5.74) is 7.25. The molecule has 0 saturated carbocycles. The second-order valence-electron chi connectivity index (χ2n) is 6.33. The number of benzene rings is 2. The molecule has 0 unspecified atom stereocenters. The fraction of sp³-hybridized carbons (Fsp3) is 0.143. The highest BCUT2D eigenvalue weighted by atomic mass is 32.1. The Balaban J connectivity index is 1.82. The van der Waals surface area contributed by atoms with E-state index in [-0.39, 0.29) is 17.9 Å². The lowest BCUT2D eigenvalue weighted by Gasteiger charge is -2.12. The molecule has 0 radical (unpaired) electrons. The summed E-state index contributed by atoms with van der Waals surface area (Å²) < 4.78 is 32.2. The van der Waals surface area contributed by atoms with E-state index in [1.807, 2.05) is 6.92 Å². The van der Waals surface area contributed by atoms with Gasteiger partial charge in [0, 0.05) is 22.1 Å². The van der Waals surface area contributed by atoms with Gasteiger partial charge in [-0.3, -0.25) is 9.59 Å². The molecule has 2 aromatic carbocycles. The Labute approximate surface area is 170 Å². The van der Waals surface area contributed by atoms with Gasteiger partial charge in [0.15, 0.2) is 11.6 Å². The van der Waals surface area contributed by atoms with Gasteiger partial charge in [0.25, 0.3) is 11.8 Å². The number of halogens is 2. The third-order valence-electron chi connectivity index (χ3n) is 4.40. The third-order valence-corrected chi connectivity index (χ3v) is 5.52. The van der Waals surface area contributed by atoms with Crippen LogP contribution in [0.4, 0.5) is 13.8 Å². The molecule has 150 valence electrons. The molecule has 0 saturated heterocycles. The van der Waals surface area contributed by atoms with Crippen molar-refractivity contribution in [3.8, 4) is 5.75 Å². The molecule has 0 bridgehead atoms. The molecule has 2 amide bonds. The Bertz CT molecular complexity index is 1100. The lowest BCUT2D eigenvalue weighted by molar-refractivity contribution is 0.100. The molecule has 0 atom stereocenters. The maximum absolute atomic E-state index is 13.8. The van der Waals surface area contributed by atoms with Gasteiger partial charge in [-0.1, -0.05) is 18.2 Å². The molecule has 1 aromatic heterocycles. The largest absolute Gasteiger partial charge is 0.486 e. The number of anilines is 1. The fourth-order valence-electron chi connectivity index (χ4n) is 2.80. The molecule has 3 aromatic rings. The second-order valence-corrected chi connectivity index (χ2v) is 7.55. The number of hydrogen-bond donors (Lipinski definition) is 2. The van der Waals surface area contributed by atoms with Crippen molar-refractivity contribution in [1.29, 1.82) is 0 Å². The van der Waals surface area contributed by atoms with Crippen LogP contribution in [-0.4, -0.2) is 11.8 Å². The molecule has 0 aliphatic carbocycles. The number of hydrogen-bond acceptors (Lipinski definition) is 4. The molecule has 1 heterocycles. The van der Waals surface area contributed by atoms with Gasteiger partial charge in [0.2, 0.25) is 0 Å². The number of nitrogens with one attached hydrogen (secondary N) is 1. The van der Waals surface area contributed by atoms with Crippen molar-refractivity contribution in [2.75, 3.05) is 5.32 Å². The van der Waals surface area contributed by atoms with E-state index < -0.39 is 23.4 Å². The van der Waals surface area contributed by atoms with Crippen LogP contribution in [0.2, 0.25) is 0 Å². The van der Waals surface area contributed by atoms with E-state index in [4.69, 9.17) is 10.5 Å². The van der Waals surface area contributed by atoms with Gasteiger partial charge in [-0.25, -0.2) is 8.78 Å². The van der Waals surface area contributed by atoms with Crippen LogP contribution < -0.4 is 15.8 Å². The summed E-state index contributed by atoms with van der Waals surface area (Å²) in [6, 6.07) is 9.64. The number of carbonyl (C=O) groups excluding carboxylic acids is 2. The maximum Gasteiger partial charge on any atom is 0.256 e. The van der Waals surface area contributed by atoms with Gasteiger partial charge in [-0.2, -0.15) is 0 Å². The summed E-state index contributed by atoms with van der Waals surface area (Å²) in [4.78, 5) is 25.4. The minimum Gasteiger partial charge on any atom is -0.486 e. The molecule has 0 fully saturated rings. The highest BCUT2D eigenvalue weighted by Crippen LogP contribution is 2.32. The number of aryl methyl sites for hydroxylation is 1. The van der Waals surface area contributed by atoms with Crippen LogP contribution in [-0.2, 0) is 6.61 Å². The molecule has 8 heteroatoms. The zero-order valence-electron chi connectivity index (χ0n) is 15.7. The summed E-state index contributed by atoms with van der Waals surface area (Å²) in [5.74, 6) is -2.73. The Hall–Kier alpha value is -3.26. The van der Waals surface area contributed by atoms with Gasteiger partial charge in [0.05, 0.1) is 5.56 Å². The minimum absolute atomic E-state index is 0.0999. The zero-order chi connectivity index (χ0) is 21.1. The molecule has 3 rings (SSSR count). The van der Waals surface area contributed by atoms with Crippen LogP contribution in [0.1, 0.15) is 36.7 Å². The average molecular weight is 416 g/mol. The number of ether oxygens (including phenoxy) is 1. The first-order valence-corrected chi connectivity index (χ1v) is 9.46. The first-order chi connectivity index (χ1) is 13.8. The first-order valence-electron chi connectivity index (χ1n) is 8.64. The predicted octanol–water partition coefficient (Wildman–Crippen LogP) is 4.57. The van der Waals surface area contributed by atoms with Crippen LogP contribution >= 0.6 is 11.3 Å². The highest BCUT2D eigenvalue weighted by Gasteiger charge is 2.20. The quantitative estimate of drug-likeness (QED) is 0.617. The van der Waals surface area contributed by atoms with E-state index in [1.54, 1.807) is 31.2 Å². The molecule has 0 aliphatic rings. The van der Waals surface area contributed by atoms with Gasteiger partial charge in [-0.15, -0.1) is 11.3 Å². The summed E-state index contributed by atoms with van der Waals surface area (Å²) >= 11 is 1.26. The number of nitrogens with two attached hydrogens (primary N) is 1. The van der Waals surface area contributed by atoms with Crippen LogP contribution in [0.3, 0.4) is 0 Å². The van der Waals surface area contributed by atoms with Crippen molar-refractivity contribution in [3.63, 3.8) is 0 Å². The highest BCUT2D eigenvalue weighted by molar-refractivity contribution is 7.16. The number of rotatable bonds is 6. The maximum atomic E-state index is 13.8. The van der Waals surface area contributed by atoms with Crippen molar-refractivity contribution in [2.45, 2.75) is 20.5 Å². The Morgan fingerprint density at radius 1 is 1.14 bits per heavy atom. The fourth-order valence-corrected chi connectivity index (χ4v) is 3.86. The van der Waals surface area contributed by atoms with Crippen molar-refractivity contribution in [3.05, 3.63) is 81.2 Å². The van der Waals surface area contributed by atoms with E-state index >= 15 is 0 Å². The zero-order valence-corrected chi connectivity index (χ0v) is 16.5. The molecule has 29 heavy (non-hydrogen) atoms. The van der Waals surface area contributed by atoms with Gasteiger partial charge < -0.3 is 15.8 Å². The molecule has 0 aliphatic heterocycles. The van der Waals surface area contributed by atoms with E-state index in [0.29, 0.717) is 16.1 Å². The Morgan fingerprint density at radius 3 is 2.55 bits per heavy atom.